The number of ether oxygens (including phenoxy) is 1. The Labute approximate surface area is 107 Å². The molecule has 1 N–H and O–H groups in total. The van der Waals surface area contributed by atoms with E-state index < -0.39 is 6.09 Å². The lowest BCUT2D eigenvalue weighted by Gasteiger charge is -2.28. The van der Waals surface area contributed by atoms with Crippen LogP contribution in [-0.2, 0) is 9.53 Å². The second-order valence-electron chi connectivity index (χ2n) is 4.78. The van der Waals surface area contributed by atoms with Crippen LogP contribution < -0.4 is 5.32 Å². The number of amides is 2. The van der Waals surface area contributed by atoms with E-state index in [1.807, 2.05) is 0 Å². The molecule has 0 spiro atoms. The van der Waals surface area contributed by atoms with Crippen molar-refractivity contribution < 1.29 is 14.3 Å². The third kappa shape index (κ3) is 3.00. The number of carbonyl (C=O) groups is 2. The highest BCUT2D eigenvalue weighted by atomic mass is 16.6. The molecule has 2 aliphatic rings. The van der Waals surface area contributed by atoms with Crippen LogP contribution >= 0.6 is 0 Å². The molecular weight excluding hydrogens is 234 g/mol. The molecule has 0 aromatic rings. The maximum Gasteiger partial charge on any atom is 0.416 e. The van der Waals surface area contributed by atoms with Crippen molar-refractivity contribution in [3.8, 4) is 0 Å². The maximum atomic E-state index is 12.1. The van der Waals surface area contributed by atoms with Crippen molar-refractivity contribution in [3.63, 3.8) is 0 Å². The fourth-order valence-electron chi connectivity index (χ4n) is 2.51. The summed E-state index contributed by atoms with van der Waals surface area (Å²) < 4.78 is 4.79. The van der Waals surface area contributed by atoms with Gasteiger partial charge in [-0.3, -0.25) is 9.69 Å². The zero-order valence-corrected chi connectivity index (χ0v) is 10.9. The molecular formula is C12H21N3O3. The van der Waals surface area contributed by atoms with E-state index in [4.69, 9.17) is 4.74 Å². The lowest BCUT2D eigenvalue weighted by Crippen LogP contribution is -2.46. The second-order valence-corrected chi connectivity index (χ2v) is 4.78. The first-order valence-corrected chi connectivity index (χ1v) is 6.64. The van der Waals surface area contributed by atoms with Gasteiger partial charge in [0.1, 0.15) is 6.61 Å². The molecule has 0 aliphatic carbocycles. The monoisotopic (exact) mass is 255 g/mol. The predicted octanol–water partition coefficient (Wildman–Crippen LogP) is 0.0391. The number of imide groups is 1. The highest BCUT2D eigenvalue weighted by Gasteiger charge is 2.31. The van der Waals surface area contributed by atoms with Crippen LogP contribution in [0.15, 0.2) is 0 Å². The second kappa shape index (κ2) is 6.15. The van der Waals surface area contributed by atoms with Gasteiger partial charge >= 0.3 is 6.09 Å². The van der Waals surface area contributed by atoms with Crippen LogP contribution in [0.5, 0.6) is 0 Å². The largest absolute Gasteiger partial charge is 0.447 e. The minimum Gasteiger partial charge on any atom is -0.447 e. The van der Waals surface area contributed by atoms with Gasteiger partial charge < -0.3 is 10.1 Å². The molecule has 2 heterocycles. The van der Waals surface area contributed by atoms with Crippen LogP contribution in [0.1, 0.15) is 19.8 Å². The Kier molecular flexibility index (Phi) is 4.54. The summed E-state index contributed by atoms with van der Waals surface area (Å²) in [4.78, 5) is 26.8. The van der Waals surface area contributed by atoms with Gasteiger partial charge in [0.15, 0.2) is 0 Å². The third-order valence-electron chi connectivity index (χ3n) is 3.46. The molecule has 2 amide bonds. The van der Waals surface area contributed by atoms with Gasteiger partial charge in [0.25, 0.3) is 0 Å². The average Bonchev–Trinajstić information content (AvgIpc) is 2.98. The molecule has 0 aromatic carbocycles. The summed E-state index contributed by atoms with van der Waals surface area (Å²) in [6, 6.07) is 0.410. The molecule has 1 atom stereocenters. The number of hydrogen-bond donors (Lipinski definition) is 1. The Hall–Kier alpha value is -1.14. The summed E-state index contributed by atoms with van der Waals surface area (Å²) in [5.74, 6) is -0.141. The summed E-state index contributed by atoms with van der Waals surface area (Å²) >= 11 is 0. The number of hydrogen-bond acceptors (Lipinski definition) is 5. The van der Waals surface area contributed by atoms with E-state index in [9.17, 15) is 9.59 Å². The van der Waals surface area contributed by atoms with Gasteiger partial charge in [0, 0.05) is 12.6 Å². The fraction of sp³-hybridized carbons (Fsp3) is 0.833. The molecule has 1 unspecified atom stereocenters. The minimum absolute atomic E-state index is 0.141. The Morgan fingerprint density at radius 2 is 2.44 bits per heavy atom. The number of nitrogens with zero attached hydrogens (tertiary/aromatic N) is 2. The fourth-order valence-corrected chi connectivity index (χ4v) is 2.51. The molecule has 0 bridgehead atoms. The first kappa shape index (κ1) is 13.3. The molecule has 2 saturated heterocycles. The lowest BCUT2D eigenvalue weighted by molar-refractivity contribution is -0.129. The van der Waals surface area contributed by atoms with Crippen molar-refractivity contribution >= 4 is 12.0 Å². The summed E-state index contributed by atoms with van der Waals surface area (Å²) in [6.07, 6.45) is 1.58. The smallest absolute Gasteiger partial charge is 0.416 e. The molecule has 2 rings (SSSR count). The Balaban J connectivity index is 1.91. The van der Waals surface area contributed by atoms with E-state index >= 15 is 0 Å². The van der Waals surface area contributed by atoms with Crippen LogP contribution in [0.2, 0.25) is 0 Å². The normalized spacial score (nSPS) is 23.8. The molecule has 2 fully saturated rings. The van der Waals surface area contributed by atoms with Gasteiger partial charge in [-0.15, -0.1) is 0 Å². The number of carbonyl (C=O) groups excluding carboxylic acids is 2. The van der Waals surface area contributed by atoms with Gasteiger partial charge in [-0.2, -0.15) is 0 Å². The predicted molar refractivity (Wildman–Crippen MR) is 66.2 cm³/mol. The summed E-state index contributed by atoms with van der Waals surface area (Å²) in [6.45, 7) is 5.95. The van der Waals surface area contributed by atoms with Crippen molar-refractivity contribution in [1.29, 1.82) is 0 Å². The van der Waals surface area contributed by atoms with Crippen molar-refractivity contribution in [3.05, 3.63) is 0 Å². The topological polar surface area (TPSA) is 61.9 Å². The van der Waals surface area contributed by atoms with E-state index in [1.54, 1.807) is 0 Å². The maximum absolute atomic E-state index is 12.1. The first-order valence-electron chi connectivity index (χ1n) is 6.64. The lowest BCUT2D eigenvalue weighted by atomic mass is 10.2. The molecule has 6 heteroatoms. The summed E-state index contributed by atoms with van der Waals surface area (Å²) in [7, 11) is 0. The van der Waals surface area contributed by atoms with E-state index in [0.29, 0.717) is 25.7 Å². The Morgan fingerprint density at radius 3 is 3.00 bits per heavy atom. The van der Waals surface area contributed by atoms with Crippen LogP contribution in [-0.4, -0.2) is 67.2 Å². The van der Waals surface area contributed by atoms with Gasteiger partial charge in [-0.1, -0.05) is 6.92 Å². The van der Waals surface area contributed by atoms with E-state index in [1.165, 1.54) is 4.90 Å². The van der Waals surface area contributed by atoms with Crippen molar-refractivity contribution in [1.82, 2.24) is 15.1 Å². The summed E-state index contributed by atoms with van der Waals surface area (Å²) in [5, 5.41) is 3.30. The third-order valence-corrected chi connectivity index (χ3v) is 3.46. The molecule has 0 aromatic heterocycles. The van der Waals surface area contributed by atoms with Gasteiger partial charge in [-0.25, -0.2) is 9.69 Å². The standard InChI is InChI=1S/C12H21N3O3/c1-2-5-14(10-3-4-13-8-10)9-11(16)15-6-7-18-12(15)17/h10,13H,2-9H2,1H3. The Morgan fingerprint density at radius 1 is 1.61 bits per heavy atom. The van der Waals surface area contributed by atoms with Crippen molar-refractivity contribution in [2.75, 3.05) is 39.3 Å². The van der Waals surface area contributed by atoms with Crippen LogP contribution in [0, 0.1) is 0 Å². The van der Waals surface area contributed by atoms with Crippen LogP contribution in [0.4, 0.5) is 4.79 Å². The van der Waals surface area contributed by atoms with Crippen molar-refractivity contribution in [2.45, 2.75) is 25.8 Å². The molecule has 6 nitrogen and oxygen atoms in total. The zero-order valence-electron chi connectivity index (χ0n) is 10.9. The van der Waals surface area contributed by atoms with Gasteiger partial charge in [-0.05, 0) is 25.9 Å². The SMILES string of the molecule is CCCN(CC(=O)N1CCOC1=O)C1CCNC1. The van der Waals surface area contributed by atoms with E-state index in [0.717, 1.165) is 32.5 Å². The number of nitrogens with one attached hydrogen (secondary N) is 1. The average molecular weight is 255 g/mol. The number of cyclic esters (lactones) is 1. The zero-order chi connectivity index (χ0) is 13.0. The van der Waals surface area contributed by atoms with Crippen molar-refractivity contribution in [2.24, 2.45) is 0 Å². The van der Waals surface area contributed by atoms with Crippen LogP contribution in [0.3, 0.4) is 0 Å². The minimum atomic E-state index is -0.499. The molecule has 18 heavy (non-hydrogen) atoms. The quantitative estimate of drug-likeness (QED) is 0.751. The number of rotatable bonds is 5. The highest BCUT2D eigenvalue weighted by Crippen LogP contribution is 2.11. The van der Waals surface area contributed by atoms with Crippen LogP contribution in [0.25, 0.3) is 0 Å². The molecule has 2 aliphatic heterocycles. The highest BCUT2D eigenvalue weighted by molar-refractivity contribution is 5.94. The molecule has 0 radical (unpaired) electrons. The summed E-state index contributed by atoms with van der Waals surface area (Å²) in [5.41, 5.74) is 0. The molecule has 0 saturated carbocycles. The first-order chi connectivity index (χ1) is 8.72. The van der Waals surface area contributed by atoms with Gasteiger partial charge in [0.2, 0.25) is 5.91 Å². The van der Waals surface area contributed by atoms with E-state index in [-0.39, 0.29) is 5.91 Å². The van der Waals surface area contributed by atoms with E-state index in [2.05, 4.69) is 17.1 Å². The Bertz CT molecular complexity index is 316. The van der Waals surface area contributed by atoms with Gasteiger partial charge in [0.05, 0.1) is 13.1 Å². The molecule has 102 valence electrons.